The molecule has 0 aliphatic heterocycles. The summed E-state index contributed by atoms with van der Waals surface area (Å²) in [6.07, 6.45) is 3.30. The van der Waals surface area contributed by atoms with E-state index in [2.05, 4.69) is 38.2 Å². The van der Waals surface area contributed by atoms with Gasteiger partial charge in [0.2, 0.25) is 0 Å². The second-order valence-electron chi connectivity index (χ2n) is 4.48. The minimum atomic E-state index is 0.551. The molecule has 0 radical (unpaired) electrons. The van der Waals surface area contributed by atoms with Crippen molar-refractivity contribution in [3.8, 4) is 5.75 Å². The fourth-order valence-corrected chi connectivity index (χ4v) is 1.74. The Kier molecular flexibility index (Phi) is 5.78. The fourth-order valence-electron chi connectivity index (χ4n) is 1.74. The Hall–Kier alpha value is -1.28. The van der Waals surface area contributed by atoms with Crippen LogP contribution < -0.4 is 10.1 Å². The van der Waals surface area contributed by atoms with E-state index in [1.54, 1.807) is 7.11 Å². The maximum atomic E-state index is 5.35. The number of allylic oxidation sites excluding steroid dienone is 1. The van der Waals surface area contributed by atoms with Gasteiger partial charge in [0.15, 0.2) is 0 Å². The summed E-state index contributed by atoms with van der Waals surface area (Å²) in [5, 5.41) is 3.41. The van der Waals surface area contributed by atoms with Crippen molar-refractivity contribution in [3.63, 3.8) is 0 Å². The Morgan fingerprint density at radius 2 is 2.06 bits per heavy atom. The second-order valence-corrected chi connectivity index (χ2v) is 4.48. The first-order chi connectivity index (χ1) is 8.15. The van der Waals surface area contributed by atoms with Crippen LogP contribution in [0.4, 0.5) is 0 Å². The van der Waals surface area contributed by atoms with E-state index in [0.29, 0.717) is 6.04 Å². The van der Waals surface area contributed by atoms with E-state index < -0.39 is 0 Å². The van der Waals surface area contributed by atoms with Crippen molar-refractivity contribution in [2.24, 2.45) is 0 Å². The van der Waals surface area contributed by atoms with Gasteiger partial charge in [-0.15, -0.1) is 0 Å². The van der Waals surface area contributed by atoms with Crippen LogP contribution in [0.15, 0.2) is 30.3 Å². The number of hydrogen-bond donors (Lipinski definition) is 1. The number of hydrogen-bond acceptors (Lipinski definition) is 2. The van der Waals surface area contributed by atoms with E-state index >= 15 is 0 Å². The van der Waals surface area contributed by atoms with Gasteiger partial charge in [-0.25, -0.2) is 0 Å². The zero-order valence-corrected chi connectivity index (χ0v) is 11.3. The number of methoxy groups -OCH3 is 1. The minimum absolute atomic E-state index is 0.551. The van der Waals surface area contributed by atoms with Crippen molar-refractivity contribution in [2.75, 3.05) is 13.7 Å². The van der Waals surface area contributed by atoms with Crippen LogP contribution in [0.2, 0.25) is 0 Å². The van der Waals surface area contributed by atoms with Gasteiger partial charge in [0.05, 0.1) is 7.11 Å². The van der Waals surface area contributed by atoms with Gasteiger partial charge in [-0.2, -0.15) is 0 Å². The van der Waals surface area contributed by atoms with Crippen LogP contribution in [0, 0.1) is 0 Å². The molecule has 0 saturated carbocycles. The zero-order valence-electron chi connectivity index (χ0n) is 11.3. The summed E-state index contributed by atoms with van der Waals surface area (Å²) in [6.45, 7) is 7.48. The molecule has 94 valence electrons. The van der Waals surface area contributed by atoms with Gasteiger partial charge in [0.1, 0.15) is 5.75 Å². The van der Waals surface area contributed by atoms with Crippen LogP contribution in [0.25, 0.3) is 5.57 Å². The van der Waals surface area contributed by atoms with Crippen LogP contribution >= 0.6 is 0 Å². The van der Waals surface area contributed by atoms with Crippen molar-refractivity contribution in [1.82, 2.24) is 5.32 Å². The third-order valence-corrected chi connectivity index (χ3v) is 2.68. The molecule has 1 N–H and O–H groups in total. The first-order valence-corrected chi connectivity index (χ1v) is 6.18. The second kappa shape index (κ2) is 7.13. The van der Waals surface area contributed by atoms with Crippen LogP contribution in [-0.2, 0) is 0 Å². The number of para-hydroxylation sites is 1. The third-order valence-electron chi connectivity index (χ3n) is 2.68. The predicted molar refractivity (Wildman–Crippen MR) is 74.4 cm³/mol. The highest BCUT2D eigenvalue weighted by molar-refractivity contribution is 5.68. The molecule has 17 heavy (non-hydrogen) atoms. The molecule has 0 unspecified atom stereocenters. The summed E-state index contributed by atoms with van der Waals surface area (Å²) in [6, 6.07) is 8.69. The molecule has 1 aromatic rings. The molecule has 2 heteroatoms. The Morgan fingerprint density at radius 1 is 1.35 bits per heavy atom. The van der Waals surface area contributed by atoms with E-state index in [-0.39, 0.29) is 0 Å². The SMILES string of the molecule is COc1ccccc1C(C)=CCCNC(C)C. The van der Waals surface area contributed by atoms with Crippen LogP contribution in [0.3, 0.4) is 0 Å². The molecule has 0 saturated heterocycles. The molecule has 0 bridgehead atoms. The first kappa shape index (κ1) is 13.8. The number of nitrogens with one attached hydrogen (secondary N) is 1. The van der Waals surface area contributed by atoms with E-state index in [4.69, 9.17) is 4.74 Å². The molecular formula is C15H23NO. The Labute approximate surface area is 105 Å². The van der Waals surface area contributed by atoms with Crippen molar-refractivity contribution < 1.29 is 4.74 Å². The smallest absolute Gasteiger partial charge is 0.126 e. The highest BCUT2D eigenvalue weighted by Crippen LogP contribution is 2.25. The van der Waals surface area contributed by atoms with E-state index in [1.807, 2.05) is 18.2 Å². The lowest BCUT2D eigenvalue weighted by Gasteiger charge is -2.09. The van der Waals surface area contributed by atoms with Crippen LogP contribution in [0.5, 0.6) is 5.75 Å². The molecule has 0 aliphatic rings. The molecule has 1 rings (SSSR count). The highest BCUT2D eigenvalue weighted by atomic mass is 16.5. The Balaban J connectivity index is 2.61. The summed E-state index contributed by atoms with van der Waals surface area (Å²) in [4.78, 5) is 0. The van der Waals surface area contributed by atoms with Crippen LogP contribution in [0.1, 0.15) is 32.8 Å². The topological polar surface area (TPSA) is 21.3 Å². The lowest BCUT2D eigenvalue weighted by molar-refractivity contribution is 0.413. The molecule has 0 atom stereocenters. The van der Waals surface area contributed by atoms with Gasteiger partial charge >= 0.3 is 0 Å². The van der Waals surface area contributed by atoms with Gasteiger partial charge in [0, 0.05) is 11.6 Å². The van der Waals surface area contributed by atoms with Gasteiger partial charge in [-0.3, -0.25) is 0 Å². The molecule has 0 heterocycles. The molecule has 1 aromatic carbocycles. The van der Waals surface area contributed by atoms with Gasteiger partial charge in [-0.1, -0.05) is 38.1 Å². The number of benzene rings is 1. The van der Waals surface area contributed by atoms with E-state index in [9.17, 15) is 0 Å². The van der Waals surface area contributed by atoms with Crippen molar-refractivity contribution in [1.29, 1.82) is 0 Å². The fraction of sp³-hybridized carbons (Fsp3) is 0.467. The summed E-state index contributed by atoms with van der Waals surface area (Å²) in [5.74, 6) is 0.943. The highest BCUT2D eigenvalue weighted by Gasteiger charge is 2.02. The van der Waals surface area contributed by atoms with Crippen molar-refractivity contribution in [3.05, 3.63) is 35.9 Å². The number of ether oxygens (including phenoxy) is 1. The average molecular weight is 233 g/mol. The first-order valence-electron chi connectivity index (χ1n) is 6.18. The summed E-state index contributed by atoms with van der Waals surface area (Å²) in [5.41, 5.74) is 2.45. The average Bonchev–Trinajstić information content (AvgIpc) is 2.34. The largest absolute Gasteiger partial charge is 0.496 e. The van der Waals surface area contributed by atoms with Gasteiger partial charge in [-0.05, 0) is 31.5 Å². The maximum Gasteiger partial charge on any atom is 0.126 e. The van der Waals surface area contributed by atoms with Gasteiger partial charge < -0.3 is 10.1 Å². The normalized spacial score (nSPS) is 11.9. The predicted octanol–water partition coefficient (Wildman–Crippen LogP) is 3.49. The number of rotatable bonds is 6. The molecule has 0 aromatic heterocycles. The van der Waals surface area contributed by atoms with E-state index in [0.717, 1.165) is 18.7 Å². The monoisotopic (exact) mass is 233 g/mol. The van der Waals surface area contributed by atoms with Crippen molar-refractivity contribution >= 4 is 5.57 Å². The van der Waals surface area contributed by atoms with Crippen molar-refractivity contribution in [2.45, 2.75) is 33.2 Å². The van der Waals surface area contributed by atoms with Crippen LogP contribution in [-0.4, -0.2) is 19.7 Å². The maximum absolute atomic E-state index is 5.35. The molecule has 0 fully saturated rings. The Bertz CT molecular complexity index is 369. The minimum Gasteiger partial charge on any atom is -0.496 e. The third kappa shape index (κ3) is 4.61. The summed E-state index contributed by atoms with van der Waals surface area (Å²) < 4.78 is 5.35. The molecular weight excluding hydrogens is 210 g/mol. The molecule has 2 nitrogen and oxygen atoms in total. The quantitative estimate of drug-likeness (QED) is 0.759. The lowest BCUT2D eigenvalue weighted by atomic mass is 10.1. The summed E-state index contributed by atoms with van der Waals surface area (Å²) >= 11 is 0. The van der Waals surface area contributed by atoms with E-state index in [1.165, 1.54) is 11.1 Å². The standard InChI is InChI=1S/C15H23NO/c1-12(2)16-11-7-8-13(3)14-9-5-6-10-15(14)17-4/h5-6,8-10,12,16H,7,11H2,1-4H3. The van der Waals surface area contributed by atoms with Gasteiger partial charge in [0.25, 0.3) is 0 Å². The molecule has 0 spiro atoms. The summed E-state index contributed by atoms with van der Waals surface area (Å²) in [7, 11) is 1.71. The lowest BCUT2D eigenvalue weighted by Crippen LogP contribution is -2.23. The zero-order chi connectivity index (χ0) is 12.7. The molecule has 0 aliphatic carbocycles. The molecule has 0 amide bonds. The Morgan fingerprint density at radius 3 is 2.71 bits per heavy atom.